The summed E-state index contributed by atoms with van der Waals surface area (Å²) in [5.41, 5.74) is -0.922. The predicted octanol–water partition coefficient (Wildman–Crippen LogP) is 3.65. The topological polar surface area (TPSA) is 107 Å². The average Bonchev–Trinajstić information content (AvgIpc) is 2.66. The van der Waals surface area contributed by atoms with E-state index in [2.05, 4.69) is 0 Å². The number of amides is 1. The predicted molar refractivity (Wildman–Crippen MR) is 108 cm³/mol. The van der Waals surface area contributed by atoms with Crippen molar-refractivity contribution in [3.63, 3.8) is 0 Å². The zero-order valence-corrected chi connectivity index (χ0v) is 17.8. The van der Waals surface area contributed by atoms with Crippen molar-refractivity contribution in [3.05, 3.63) is 48.0 Å². The van der Waals surface area contributed by atoms with Crippen molar-refractivity contribution in [3.8, 4) is 0 Å². The third kappa shape index (κ3) is 3.80. The molecule has 1 heterocycles. The Balaban J connectivity index is 2.22. The van der Waals surface area contributed by atoms with Crippen molar-refractivity contribution in [2.45, 2.75) is 43.1 Å². The number of ether oxygens (including phenoxy) is 2. The number of esters is 1. The van der Waals surface area contributed by atoms with E-state index in [-0.39, 0.29) is 33.3 Å². The number of fused-ring (bicyclic) bond motifs is 2. The van der Waals surface area contributed by atoms with Gasteiger partial charge in [-0.1, -0.05) is 12.1 Å². The molecule has 1 amide bonds. The first-order valence-corrected chi connectivity index (χ1v) is 10.7. The highest BCUT2D eigenvalue weighted by Gasteiger charge is 2.39. The van der Waals surface area contributed by atoms with Crippen LogP contribution >= 0.6 is 0 Å². The van der Waals surface area contributed by atoms with E-state index in [1.165, 1.54) is 30.3 Å². The van der Waals surface area contributed by atoms with E-state index in [1.807, 2.05) is 0 Å². The number of carbonyl (C=O) groups excluding carboxylic acids is 3. The molecule has 2 aromatic carbocycles. The smallest absolute Gasteiger partial charge is 0.419 e. The minimum Gasteiger partial charge on any atom is -0.460 e. The highest BCUT2D eigenvalue weighted by Crippen LogP contribution is 2.45. The molecule has 3 rings (SSSR count). The Bertz CT molecular complexity index is 1150. The van der Waals surface area contributed by atoms with Crippen LogP contribution in [0.25, 0.3) is 0 Å². The largest absolute Gasteiger partial charge is 0.460 e. The van der Waals surface area contributed by atoms with Crippen LogP contribution in [0.2, 0.25) is 0 Å². The van der Waals surface area contributed by atoms with E-state index in [4.69, 9.17) is 9.47 Å². The van der Waals surface area contributed by atoms with Crippen molar-refractivity contribution in [1.82, 2.24) is 0 Å². The normalized spacial score (nSPS) is 14.3. The van der Waals surface area contributed by atoms with E-state index in [0.717, 1.165) is 4.90 Å². The molecule has 30 heavy (non-hydrogen) atoms. The summed E-state index contributed by atoms with van der Waals surface area (Å²) in [7, 11) is -3.96. The molecule has 0 aliphatic carbocycles. The van der Waals surface area contributed by atoms with Crippen LogP contribution in [0.3, 0.4) is 0 Å². The summed E-state index contributed by atoms with van der Waals surface area (Å²) in [4.78, 5) is 38.1. The monoisotopic (exact) mass is 431 g/mol. The Kier molecular flexibility index (Phi) is 5.42. The molecule has 158 valence electrons. The van der Waals surface area contributed by atoms with E-state index >= 15 is 0 Å². The van der Waals surface area contributed by atoms with Gasteiger partial charge in [-0.05, 0) is 58.0 Å². The maximum Gasteiger partial charge on any atom is 0.419 e. The number of nitrogens with zero attached hydrogens (tertiary/aromatic N) is 1. The van der Waals surface area contributed by atoms with Crippen molar-refractivity contribution in [1.29, 1.82) is 0 Å². The molecule has 0 aromatic heterocycles. The van der Waals surface area contributed by atoms with Gasteiger partial charge in [0.25, 0.3) is 5.78 Å². The lowest BCUT2D eigenvalue weighted by Gasteiger charge is -2.33. The molecule has 1 aliphatic heterocycles. The van der Waals surface area contributed by atoms with Gasteiger partial charge in [0, 0.05) is 5.56 Å². The van der Waals surface area contributed by atoms with E-state index in [0.29, 0.717) is 0 Å². The van der Waals surface area contributed by atoms with Gasteiger partial charge in [0.05, 0.1) is 27.8 Å². The summed E-state index contributed by atoms with van der Waals surface area (Å²) in [6, 6.07) is 9.60. The molecule has 1 aliphatic rings. The molecule has 9 heteroatoms. The van der Waals surface area contributed by atoms with E-state index in [1.54, 1.807) is 39.8 Å². The first-order chi connectivity index (χ1) is 14.0. The van der Waals surface area contributed by atoms with Crippen LogP contribution < -0.4 is 4.90 Å². The average molecular weight is 431 g/mol. The van der Waals surface area contributed by atoms with Gasteiger partial charge < -0.3 is 9.47 Å². The Labute approximate surface area is 174 Å². The fourth-order valence-corrected chi connectivity index (χ4v) is 4.60. The summed E-state index contributed by atoms with van der Waals surface area (Å²) in [6.45, 7) is 6.62. The molecule has 0 N–H and O–H groups in total. The molecule has 0 fully saturated rings. The highest BCUT2D eigenvalue weighted by atomic mass is 32.2. The maximum absolute atomic E-state index is 13.1. The zero-order valence-electron chi connectivity index (χ0n) is 17.0. The van der Waals surface area contributed by atoms with Crippen LogP contribution in [0.4, 0.5) is 16.2 Å². The van der Waals surface area contributed by atoms with E-state index in [9.17, 15) is 22.8 Å². The van der Waals surface area contributed by atoms with Gasteiger partial charge >= 0.3 is 12.1 Å². The first kappa shape index (κ1) is 21.5. The second kappa shape index (κ2) is 7.56. The zero-order chi connectivity index (χ0) is 22.3. The van der Waals surface area contributed by atoms with E-state index < -0.39 is 33.3 Å². The van der Waals surface area contributed by atoms with Gasteiger partial charge in [-0.15, -0.1) is 0 Å². The highest BCUT2D eigenvalue weighted by molar-refractivity contribution is 7.92. The molecule has 0 saturated carbocycles. The Morgan fingerprint density at radius 2 is 1.60 bits per heavy atom. The fourth-order valence-electron chi connectivity index (χ4n) is 3.00. The summed E-state index contributed by atoms with van der Waals surface area (Å²) < 4.78 is 36.4. The summed E-state index contributed by atoms with van der Waals surface area (Å²) >= 11 is 0. The maximum atomic E-state index is 13.1. The van der Waals surface area contributed by atoms with Crippen LogP contribution in [0.15, 0.2) is 52.3 Å². The van der Waals surface area contributed by atoms with Gasteiger partial charge in [-0.2, -0.15) is 0 Å². The van der Waals surface area contributed by atoms with Gasteiger partial charge in [0.1, 0.15) is 5.60 Å². The number of hydrogen-bond donors (Lipinski definition) is 0. The molecule has 0 unspecified atom stereocenters. The van der Waals surface area contributed by atoms with Crippen LogP contribution in [0.1, 0.15) is 38.1 Å². The molecule has 0 atom stereocenters. The molecular formula is C21H21NO7S. The molecular weight excluding hydrogens is 410 g/mol. The second-order valence-electron chi connectivity index (χ2n) is 7.52. The number of anilines is 2. The summed E-state index contributed by atoms with van der Waals surface area (Å²) in [6.07, 6.45) is -0.813. The molecule has 0 bridgehead atoms. The van der Waals surface area contributed by atoms with Crippen LogP contribution in [0, 0.1) is 0 Å². The number of ketones is 1. The minimum atomic E-state index is -3.96. The standard InChI is InChI=1S/C21H21NO7S/c1-5-28-19(24)18(23)13-10-11-17-15(12-13)22(20(25)29-21(2,3)4)14-8-6-7-9-16(14)30(17,26)27/h6-12H,5H2,1-4H3. The Hall–Kier alpha value is -3.20. The van der Waals surface area contributed by atoms with Gasteiger partial charge in [-0.3, -0.25) is 4.79 Å². The van der Waals surface area contributed by atoms with Crippen molar-refractivity contribution < 1.29 is 32.3 Å². The molecule has 2 aromatic rings. The summed E-state index contributed by atoms with van der Waals surface area (Å²) in [5.74, 6) is -2.01. The first-order valence-electron chi connectivity index (χ1n) is 9.20. The van der Waals surface area contributed by atoms with Crippen LogP contribution in [-0.2, 0) is 24.1 Å². The minimum absolute atomic E-state index is 0.0152. The summed E-state index contributed by atoms with van der Waals surface area (Å²) in [5, 5.41) is 0. The van der Waals surface area contributed by atoms with Crippen LogP contribution in [-0.4, -0.2) is 38.5 Å². The van der Waals surface area contributed by atoms with Gasteiger partial charge in [0.15, 0.2) is 0 Å². The number of para-hydroxylation sites is 1. The second-order valence-corrected chi connectivity index (χ2v) is 9.41. The van der Waals surface area contributed by atoms with Gasteiger partial charge in [-0.25, -0.2) is 22.9 Å². The molecule has 0 radical (unpaired) electrons. The lowest BCUT2D eigenvalue weighted by Crippen LogP contribution is -2.37. The molecule has 8 nitrogen and oxygen atoms in total. The van der Waals surface area contributed by atoms with Crippen LogP contribution in [0.5, 0.6) is 0 Å². The Morgan fingerprint density at radius 3 is 2.23 bits per heavy atom. The fraction of sp³-hybridized carbons (Fsp3) is 0.286. The lowest BCUT2D eigenvalue weighted by atomic mass is 10.1. The van der Waals surface area contributed by atoms with Crippen molar-refractivity contribution >= 4 is 39.1 Å². The van der Waals surface area contributed by atoms with Gasteiger partial charge in [0.2, 0.25) is 9.84 Å². The molecule has 0 spiro atoms. The molecule has 0 saturated heterocycles. The Morgan fingerprint density at radius 1 is 0.967 bits per heavy atom. The number of sulfone groups is 1. The quantitative estimate of drug-likeness (QED) is 0.415. The van der Waals surface area contributed by atoms with Crippen molar-refractivity contribution in [2.24, 2.45) is 0 Å². The number of Topliss-reactive ketones (excluding diaryl/α,β-unsaturated/α-hetero) is 1. The lowest BCUT2D eigenvalue weighted by molar-refractivity contribution is -0.137. The number of hydrogen-bond acceptors (Lipinski definition) is 7. The third-order valence-corrected chi connectivity index (χ3v) is 6.03. The number of benzene rings is 2. The third-order valence-electron chi connectivity index (χ3n) is 4.18. The number of carbonyl (C=O) groups is 3. The SMILES string of the molecule is CCOC(=O)C(=O)c1ccc2c(c1)N(C(=O)OC(C)(C)C)c1ccccc1S2(=O)=O. The number of rotatable bonds is 3. The van der Waals surface area contributed by atoms with Crippen molar-refractivity contribution in [2.75, 3.05) is 11.5 Å².